The molecule has 7 nitrogen and oxygen atoms in total. The summed E-state index contributed by atoms with van der Waals surface area (Å²) in [6.07, 6.45) is 0. The van der Waals surface area contributed by atoms with Crippen molar-refractivity contribution in [3.8, 4) is 0 Å². The van der Waals surface area contributed by atoms with E-state index in [2.05, 4.69) is 20.8 Å². The van der Waals surface area contributed by atoms with Crippen molar-refractivity contribution in [3.63, 3.8) is 0 Å². The van der Waals surface area contributed by atoms with Gasteiger partial charge in [-0.2, -0.15) is 0 Å². The Bertz CT molecular complexity index is 1100. The van der Waals surface area contributed by atoms with Crippen molar-refractivity contribution in [3.05, 3.63) is 69.5 Å². The van der Waals surface area contributed by atoms with Crippen LogP contribution in [0, 0.1) is 6.92 Å². The number of benzene rings is 2. The van der Waals surface area contributed by atoms with Gasteiger partial charge in [-0.1, -0.05) is 47.1 Å². The molecule has 0 aliphatic rings. The molecule has 0 unspecified atom stereocenters. The van der Waals surface area contributed by atoms with Crippen molar-refractivity contribution in [1.82, 2.24) is 20.1 Å². The summed E-state index contributed by atoms with van der Waals surface area (Å²) in [5.74, 6) is 0.342. The maximum absolute atomic E-state index is 12.3. The second kappa shape index (κ2) is 10.7. The fourth-order valence-corrected chi connectivity index (χ4v) is 3.96. The molecule has 0 saturated heterocycles. The number of rotatable bonds is 8. The van der Waals surface area contributed by atoms with Crippen molar-refractivity contribution in [2.75, 3.05) is 11.1 Å². The van der Waals surface area contributed by atoms with Crippen LogP contribution in [0.2, 0.25) is 10.0 Å². The van der Waals surface area contributed by atoms with Crippen molar-refractivity contribution in [1.29, 1.82) is 0 Å². The SMILES string of the molecule is CCn1c(CNC(=O)c2cccc(Cl)c2)nnc1SCC(=O)Nc1ccc(C)c(Cl)c1. The highest BCUT2D eigenvalue weighted by Crippen LogP contribution is 2.21. The summed E-state index contributed by atoms with van der Waals surface area (Å²) in [7, 11) is 0. The van der Waals surface area contributed by atoms with Gasteiger partial charge in [-0.25, -0.2) is 0 Å². The van der Waals surface area contributed by atoms with Crippen LogP contribution in [-0.4, -0.2) is 32.3 Å². The van der Waals surface area contributed by atoms with Gasteiger partial charge in [0.05, 0.1) is 12.3 Å². The number of aromatic nitrogens is 3. The molecular formula is C21H21Cl2N5O2S. The van der Waals surface area contributed by atoms with Gasteiger partial charge in [0.2, 0.25) is 5.91 Å². The molecule has 0 fully saturated rings. The first-order valence-electron chi connectivity index (χ1n) is 9.52. The van der Waals surface area contributed by atoms with Crippen LogP contribution in [0.4, 0.5) is 5.69 Å². The Balaban J connectivity index is 1.57. The van der Waals surface area contributed by atoms with Crippen molar-refractivity contribution >= 4 is 52.5 Å². The third-order valence-corrected chi connectivity index (χ3v) is 6.00. The number of hydrogen-bond acceptors (Lipinski definition) is 5. The van der Waals surface area contributed by atoms with Crippen LogP contribution in [0.15, 0.2) is 47.6 Å². The normalized spacial score (nSPS) is 10.7. The molecule has 1 aromatic heterocycles. The van der Waals surface area contributed by atoms with E-state index in [4.69, 9.17) is 23.2 Å². The predicted molar refractivity (Wildman–Crippen MR) is 124 cm³/mol. The lowest BCUT2D eigenvalue weighted by atomic mass is 10.2. The number of hydrogen-bond donors (Lipinski definition) is 2. The summed E-state index contributed by atoms with van der Waals surface area (Å²) in [6.45, 7) is 4.66. The Morgan fingerprint density at radius 3 is 2.65 bits per heavy atom. The molecule has 2 N–H and O–H groups in total. The molecule has 162 valence electrons. The van der Waals surface area contributed by atoms with Gasteiger partial charge in [-0.15, -0.1) is 10.2 Å². The standard InChI is InChI=1S/C21H21Cl2N5O2S/c1-3-28-18(11-24-20(30)14-5-4-6-15(22)9-14)26-27-21(28)31-12-19(29)25-16-8-7-13(2)17(23)10-16/h4-10H,3,11-12H2,1-2H3,(H,24,30)(H,25,29). The maximum Gasteiger partial charge on any atom is 0.251 e. The first kappa shape index (κ1) is 23.1. The second-order valence-electron chi connectivity index (χ2n) is 6.64. The summed E-state index contributed by atoms with van der Waals surface area (Å²) < 4.78 is 1.86. The predicted octanol–water partition coefficient (Wildman–Crippen LogP) is 4.57. The molecule has 0 aliphatic carbocycles. The van der Waals surface area contributed by atoms with E-state index < -0.39 is 0 Å². The number of thioether (sulfide) groups is 1. The summed E-state index contributed by atoms with van der Waals surface area (Å²) >= 11 is 13.3. The quantitative estimate of drug-likeness (QED) is 0.463. The summed E-state index contributed by atoms with van der Waals surface area (Å²) in [5, 5.41) is 15.6. The molecule has 2 amide bonds. The Hall–Kier alpha value is -2.55. The molecule has 3 rings (SSSR count). The number of anilines is 1. The molecule has 1 heterocycles. The first-order chi connectivity index (χ1) is 14.9. The van der Waals surface area contributed by atoms with Crippen LogP contribution in [0.1, 0.15) is 28.7 Å². The van der Waals surface area contributed by atoms with Gasteiger partial charge in [0.15, 0.2) is 11.0 Å². The van der Waals surface area contributed by atoms with Gasteiger partial charge in [-0.05, 0) is 49.7 Å². The van der Waals surface area contributed by atoms with E-state index in [0.717, 1.165) is 5.56 Å². The smallest absolute Gasteiger partial charge is 0.251 e. The Morgan fingerprint density at radius 1 is 1.13 bits per heavy atom. The highest BCUT2D eigenvalue weighted by molar-refractivity contribution is 7.99. The number of carbonyl (C=O) groups is 2. The third kappa shape index (κ3) is 6.22. The van der Waals surface area contributed by atoms with Crippen molar-refractivity contribution < 1.29 is 9.59 Å². The fraction of sp³-hybridized carbons (Fsp3) is 0.238. The van der Waals surface area contributed by atoms with Gasteiger partial charge in [-0.3, -0.25) is 9.59 Å². The van der Waals surface area contributed by atoms with Crippen LogP contribution in [0.5, 0.6) is 0 Å². The fourth-order valence-electron chi connectivity index (χ4n) is 2.76. The van der Waals surface area contributed by atoms with E-state index in [0.29, 0.717) is 38.8 Å². The highest BCUT2D eigenvalue weighted by atomic mass is 35.5. The zero-order valence-corrected chi connectivity index (χ0v) is 19.3. The van der Waals surface area contributed by atoms with E-state index in [1.54, 1.807) is 36.4 Å². The number of nitrogens with zero attached hydrogens (tertiary/aromatic N) is 3. The van der Waals surface area contributed by atoms with Gasteiger partial charge in [0.25, 0.3) is 5.91 Å². The molecule has 0 bridgehead atoms. The molecule has 2 aromatic carbocycles. The number of halogens is 2. The van der Waals surface area contributed by atoms with E-state index in [1.807, 2.05) is 24.5 Å². The zero-order valence-electron chi connectivity index (χ0n) is 17.0. The van der Waals surface area contributed by atoms with Crippen LogP contribution < -0.4 is 10.6 Å². The molecule has 0 radical (unpaired) electrons. The monoisotopic (exact) mass is 477 g/mol. The molecule has 0 saturated carbocycles. The maximum atomic E-state index is 12.3. The number of amides is 2. The number of nitrogens with one attached hydrogen (secondary N) is 2. The van der Waals surface area contributed by atoms with Crippen molar-refractivity contribution in [2.45, 2.75) is 32.1 Å². The Labute approximate surface area is 194 Å². The highest BCUT2D eigenvalue weighted by Gasteiger charge is 2.15. The molecule has 31 heavy (non-hydrogen) atoms. The van der Waals surface area contributed by atoms with E-state index >= 15 is 0 Å². The van der Waals surface area contributed by atoms with E-state index in [9.17, 15) is 9.59 Å². The Morgan fingerprint density at radius 2 is 1.94 bits per heavy atom. The lowest BCUT2D eigenvalue weighted by molar-refractivity contribution is -0.113. The van der Waals surface area contributed by atoms with Crippen LogP contribution >= 0.6 is 35.0 Å². The van der Waals surface area contributed by atoms with Gasteiger partial charge in [0, 0.05) is 27.8 Å². The second-order valence-corrected chi connectivity index (χ2v) is 8.42. The van der Waals surface area contributed by atoms with Gasteiger partial charge < -0.3 is 15.2 Å². The first-order valence-corrected chi connectivity index (χ1v) is 11.3. The molecule has 0 spiro atoms. The van der Waals surface area contributed by atoms with E-state index in [1.165, 1.54) is 11.8 Å². The van der Waals surface area contributed by atoms with Crippen LogP contribution in [-0.2, 0) is 17.9 Å². The average Bonchev–Trinajstić information content (AvgIpc) is 3.15. The summed E-state index contributed by atoms with van der Waals surface area (Å²) in [5.41, 5.74) is 2.06. The summed E-state index contributed by atoms with van der Waals surface area (Å²) in [4.78, 5) is 24.6. The number of carbonyl (C=O) groups excluding carboxylic acids is 2. The van der Waals surface area contributed by atoms with Gasteiger partial charge >= 0.3 is 0 Å². The Kier molecular flexibility index (Phi) is 7.95. The number of aryl methyl sites for hydroxylation is 1. The molecule has 0 aliphatic heterocycles. The molecular weight excluding hydrogens is 457 g/mol. The minimum Gasteiger partial charge on any atom is -0.345 e. The largest absolute Gasteiger partial charge is 0.345 e. The average molecular weight is 478 g/mol. The lowest BCUT2D eigenvalue weighted by Crippen LogP contribution is -2.24. The molecule has 0 atom stereocenters. The minimum atomic E-state index is -0.251. The lowest BCUT2D eigenvalue weighted by Gasteiger charge is -2.09. The third-order valence-electron chi connectivity index (χ3n) is 4.39. The van der Waals surface area contributed by atoms with Gasteiger partial charge in [0.1, 0.15) is 0 Å². The molecule has 3 aromatic rings. The molecule has 10 heteroatoms. The summed E-state index contributed by atoms with van der Waals surface area (Å²) in [6, 6.07) is 12.1. The van der Waals surface area contributed by atoms with Crippen molar-refractivity contribution in [2.24, 2.45) is 0 Å². The van der Waals surface area contributed by atoms with E-state index in [-0.39, 0.29) is 24.1 Å². The van der Waals surface area contributed by atoms with Crippen LogP contribution in [0.25, 0.3) is 0 Å². The van der Waals surface area contributed by atoms with Crippen LogP contribution in [0.3, 0.4) is 0 Å². The zero-order chi connectivity index (χ0) is 22.4. The topological polar surface area (TPSA) is 88.9 Å². The minimum absolute atomic E-state index is 0.165.